The first-order chi connectivity index (χ1) is 7.67. The second-order valence-corrected chi connectivity index (χ2v) is 8.35. The summed E-state index contributed by atoms with van der Waals surface area (Å²) in [7, 11) is -3.13. The first-order valence-corrected chi connectivity index (χ1v) is 7.98. The molecule has 2 unspecified atom stereocenters. The fourth-order valence-electron chi connectivity index (χ4n) is 2.22. The molecule has 102 valence electrons. The predicted octanol–water partition coefficient (Wildman–Crippen LogP) is 1.42. The Bertz CT molecular complexity index is 346. The molecule has 4 nitrogen and oxygen atoms in total. The van der Waals surface area contributed by atoms with Gasteiger partial charge in [-0.3, -0.25) is 0 Å². The Kier molecular flexibility index (Phi) is 4.60. The normalized spacial score (nSPS) is 27.6. The molecule has 0 radical (unpaired) electrons. The molecule has 1 aliphatic heterocycles. The standard InChI is InChI=1S/C12H26N2O2S/c1-10-5-7-14(11(10)9-13)17(15,16)8-6-12(2,3)4/h10-11H,5-9,13H2,1-4H3. The summed E-state index contributed by atoms with van der Waals surface area (Å²) in [6, 6.07) is -0.0000293. The molecule has 2 N–H and O–H groups in total. The third-order valence-corrected chi connectivity index (χ3v) is 5.43. The lowest BCUT2D eigenvalue weighted by Gasteiger charge is -2.26. The van der Waals surface area contributed by atoms with Gasteiger partial charge in [0.25, 0.3) is 0 Å². The number of nitrogens with two attached hydrogens (primary N) is 1. The number of sulfonamides is 1. The average molecular weight is 262 g/mol. The highest BCUT2D eigenvalue weighted by molar-refractivity contribution is 7.89. The van der Waals surface area contributed by atoms with E-state index in [1.54, 1.807) is 4.31 Å². The van der Waals surface area contributed by atoms with Gasteiger partial charge < -0.3 is 5.73 Å². The zero-order valence-electron chi connectivity index (χ0n) is 11.4. The van der Waals surface area contributed by atoms with E-state index in [0.29, 0.717) is 25.4 Å². The number of hydrogen-bond acceptors (Lipinski definition) is 3. The third kappa shape index (κ3) is 3.93. The van der Waals surface area contributed by atoms with Crippen molar-refractivity contribution < 1.29 is 8.42 Å². The highest BCUT2D eigenvalue weighted by Gasteiger charge is 2.37. The molecule has 17 heavy (non-hydrogen) atoms. The monoisotopic (exact) mass is 262 g/mol. The smallest absolute Gasteiger partial charge is 0.214 e. The van der Waals surface area contributed by atoms with E-state index in [-0.39, 0.29) is 17.2 Å². The van der Waals surface area contributed by atoms with Crippen molar-refractivity contribution >= 4 is 10.0 Å². The summed E-state index contributed by atoms with van der Waals surface area (Å²) in [4.78, 5) is 0. The average Bonchev–Trinajstić information content (AvgIpc) is 2.56. The minimum absolute atomic E-state index is 0.0000293. The zero-order chi connectivity index (χ0) is 13.3. The van der Waals surface area contributed by atoms with Crippen LogP contribution in [0.15, 0.2) is 0 Å². The van der Waals surface area contributed by atoms with Crippen LogP contribution in [0.1, 0.15) is 40.5 Å². The van der Waals surface area contributed by atoms with E-state index in [4.69, 9.17) is 5.73 Å². The molecule has 0 aliphatic carbocycles. The van der Waals surface area contributed by atoms with E-state index in [0.717, 1.165) is 6.42 Å². The molecule has 1 aliphatic rings. The Labute approximate surface area is 106 Å². The lowest BCUT2D eigenvalue weighted by Crippen LogP contribution is -2.43. The fourth-order valence-corrected chi connectivity index (χ4v) is 4.42. The second kappa shape index (κ2) is 5.24. The van der Waals surface area contributed by atoms with Crippen LogP contribution >= 0.6 is 0 Å². The molecule has 1 saturated heterocycles. The van der Waals surface area contributed by atoms with Crippen LogP contribution in [0.4, 0.5) is 0 Å². The minimum atomic E-state index is -3.13. The van der Waals surface area contributed by atoms with E-state index in [9.17, 15) is 8.42 Å². The van der Waals surface area contributed by atoms with Gasteiger partial charge in [0, 0.05) is 19.1 Å². The van der Waals surface area contributed by atoms with Crippen LogP contribution in [-0.2, 0) is 10.0 Å². The Balaban J connectivity index is 2.71. The number of nitrogens with zero attached hydrogens (tertiary/aromatic N) is 1. The van der Waals surface area contributed by atoms with Crippen molar-refractivity contribution in [2.45, 2.75) is 46.6 Å². The molecule has 0 amide bonds. The van der Waals surface area contributed by atoms with Gasteiger partial charge in [0.15, 0.2) is 0 Å². The van der Waals surface area contributed by atoms with E-state index < -0.39 is 10.0 Å². The first kappa shape index (κ1) is 14.9. The van der Waals surface area contributed by atoms with Crippen molar-refractivity contribution in [1.29, 1.82) is 0 Å². The van der Waals surface area contributed by atoms with Crippen molar-refractivity contribution in [3.8, 4) is 0 Å². The molecule has 0 bridgehead atoms. The maximum absolute atomic E-state index is 12.3. The van der Waals surface area contributed by atoms with Crippen LogP contribution in [0.25, 0.3) is 0 Å². The van der Waals surface area contributed by atoms with E-state index in [1.807, 2.05) is 0 Å². The summed E-state index contributed by atoms with van der Waals surface area (Å²) >= 11 is 0. The summed E-state index contributed by atoms with van der Waals surface area (Å²) in [5.41, 5.74) is 5.74. The van der Waals surface area contributed by atoms with Gasteiger partial charge in [0.05, 0.1) is 5.75 Å². The van der Waals surface area contributed by atoms with Crippen molar-refractivity contribution in [2.75, 3.05) is 18.8 Å². The summed E-state index contributed by atoms with van der Waals surface area (Å²) in [6.45, 7) is 9.34. The summed E-state index contributed by atoms with van der Waals surface area (Å²) in [5.74, 6) is 0.615. The molecule has 0 saturated carbocycles. The van der Waals surface area contributed by atoms with Crippen LogP contribution in [-0.4, -0.2) is 37.6 Å². The van der Waals surface area contributed by atoms with E-state index >= 15 is 0 Å². The second-order valence-electron chi connectivity index (χ2n) is 6.31. The Morgan fingerprint density at radius 2 is 1.94 bits per heavy atom. The van der Waals surface area contributed by atoms with Crippen LogP contribution < -0.4 is 5.73 Å². The Hall–Kier alpha value is -0.130. The van der Waals surface area contributed by atoms with Gasteiger partial charge in [-0.2, -0.15) is 4.31 Å². The fraction of sp³-hybridized carbons (Fsp3) is 1.00. The van der Waals surface area contributed by atoms with Crippen LogP contribution in [0.2, 0.25) is 0 Å². The quantitative estimate of drug-likeness (QED) is 0.833. The minimum Gasteiger partial charge on any atom is -0.329 e. The van der Waals surface area contributed by atoms with Gasteiger partial charge in [-0.25, -0.2) is 8.42 Å². The Morgan fingerprint density at radius 1 is 1.35 bits per heavy atom. The summed E-state index contributed by atoms with van der Waals surface area (Å²) in [5, 5.41) is 0. The van der Waals surface area contributed by atoms with Gasteiger partial charge in [0.1, 0.15) is 0 Å². The molecule has 0 aromatic heterocycles. The van der Waals surface area contributed by atoms with Gasteiger partial charge in [-0.1, -0.05) is 27.7 Å². The molecular formula is C12H26N2O2S. The maximum atomic E-state index is 12.3. The van der Waals surface area contributed by atoms with Gasteiger partial charge in [-0.05, 0) is 24.2 Å². The SMILES string of the molecule is CC1CCN(S(=O)(=O)CCC(C)(C)C)C1CN. The van der Waals surface area contributed by atoms with Gasteiger partial charge in [0.2, 0.25) is 10.0 Å². The zero-order valence-corrected chi connectivity index (χ0v) is 12.3. The maximum Gasteiger partial charge on any atom is 0.214 e. The van der Waals surface area contributed by atoms with Crippen LogP contribution in [0.5, 0.6) is 0 Å². The predicted molar refractivity (Wildman–Crippen MR) is 71.2 cm³/mol. The largest absolute Gasteiger partial charge is 0.329 e. The highest BCUT2D eigenvalue weighted by atomic mass is 32.2. The lowest BCUT2D eigenvalue weighted by molar-refractivity contribution is 0.345. The molecule has 0 spiro atoms. The van der Waals surface area contributed by atoms with Crippen molar-refractivity contribution in [2.24, 2.45) is 17.1 Å². The van der Waals surface area contributed by atoms with Gasteiger partial charge in [-0.15, -0.1) is 0 Å². The summed E-state index contributed by atoms with van der Waals surface area (Å²) < 4.78 is 26.2. The lowest BCUT2D eigenvalue weighted by atomic mass is 9.94. The van der Waals surface area contributed by atoms with E-state index in [1.165, 1.54) is 0 Å². The molecule has 0 aromatic carbocycles. The molecule has 1 fully saturated rings. The molecule has 2 atom stereocenters. The van der Waals surface area contributed by atoms with Crippen molar-refractivity contribution in [3.05, 3.63) is 0 Å². The molecular weight excluding hydrogens is 236 g/mol. The molecule has 5 heteroatoms. The first-order valence-electron chi connectivity index (χ1n) is 6.37. The highest BCUT2D eigenvalue weighted by Crippen LogP contribution is 2.28. The van der Waals surface area contributed by atoms with Gasteiger partial charge >= 0.3 is 0 Å². The number of hydrogen-bond donors (Lipinski definition) is 1. The van der Waals surface area contributed by atoms with Crippen molar-refractivity contribution in [1.82, 2.24) is 4.31 Å². The molecule has 0 aromatic rings. The van der Waals surface area contributed by atoms with Crippen molar-refractivity contribution in [3.63, 3.8) is 0 Å². The summed E-state index contributed by atoms with van der Waals surface area (Å²) in [6.07, 6.45) is 1.62. The third-order valence-electron chi connectivity index (χ3n) is 3.54. The topological polar surface area (TPSA) is 63.4 Å². The van der Waals surface area contributed by atoms with E-state index in [2.05, 4.69) is 27.7 Å². The van der Waals surface area contributed by atoms with Crippen LogP contribution in [0, 0.1) is 11.3 Å². The number of rotatable bonds is 4. The molecule has 1 heterocycles. The Morgan fingerprint density at radius 3 is 2.41 bits per heavy atom. The molecule has 1 rings (SSSR count). The van der Waals surface area contributed by atoms with Crippen LogP contribution in [0.3, 0.4) is 0 Å².